The van der Waals surface area contributed by atoms with Gasteiger partial charge in [0.05, 0.1) is 36.0 Å². The maximum Gasteiger partial charge on any atom is 0.338 e. The van der Waals surface area contributed by atoms with Crippen LogP contribution in [0.15, 0.2) is 48.5 Å². The average Bonchev–Trinajstić information content (AvgIpc) is 2.79. The molecule has 0 fully saturated rings. The molecule has 0 heterocycles. The van der Waals surface area contributed by atoms with Gasteiger partial charge in [0.2, 0.25) is 0 Å². The van der Waals surface area contributed by atoms with Gasteiger partial charge < -0.3 is 18.9 Å². The van der Waals surface area contributed by atoms with Crippen LogP contribution >= 0.6 is 0 Å². The quantitative estimate of drug-likeness (QED) is 0.340. The Morgan fingerprint density at radius 3 is 1.26 bits per heavy atom. The highest BCUT2D eigenvalue weighted by atomic mass is 16.6. The molecule has 31 heavy (non-hydrogen) atoms. The first-order valence-corrected chi connectivity index (χ1v) is 9.61. The van der Waals surface area contributed by atoms with Crippen molar-refractivity contribution in [3.05, 3.63) is 70.8 Å². The first-order valence-electron chi connectivity index (χ1n) is 9.61. The third kappa shape index (κ3) is 7.26. The van der Waals surface area contributed by atoms with Gasteiger partial charge in [-0.25, -0.2) is 19.2 Å². The Bertz CT molecular complexity index is 914. The summed E-state index contributed by atoms with van der Waals surface area (Å²) in [5, 5.41) is 0. The van der Waals surface area contributed by atoms with E-state index >= 15 is 0 Å². The van der Waals surface area contributed by atoms with E-state index in [1.54, 1.807) is 0 Å². The maximum absolute atomic E-state index is 12.1. The van der Waals surface area contributed by atoms with E-state index in [1.165, 1.54) is 55.6 Å². The number of benzene rings is 2. The van der Waals surface area contributed by atoms with Crippen LogP contribution in [0.4, 0.5) is 0 Å². The normalized spacial score (nSPS) is 10.3. The topological polar surface area (TPSA) is 105 Å². The van der Waals surface area contributed by atoms with Crippen molar-refractivity contribution < 1.29 is 38.1 Å². The van der Waals surface area contributed by atoms with E-state index in [-0.39, 0.29) is 30.3 Å². The maximum atomic E-state index is 12.1. The summed E-state index contributed by atoms with van der Waals surface area (Å²) in [5.74, 6) is -1.96. The fourth-order valence-corrected chi connectivity index (χ4v) is 2.36. The van der Waals surface area contributed by atoms with Gasteiger partial charge in [-0.15, -0.1) is 0 Å². The van der Waals surface area contributed by atoms with Crippen molar-refractivity contribution in [3.8, 4) is 0 Å². The lowest BCUT2D eigenvalue weighted by Gasteiger charge is -2.08. The van der Waals surface area contributed by atoms with E-state index in [0.717, 1.165) is 0 Å². The summed E-state index contributed by atoms with van der Waals surface area (Å²) < 4.78 is 19.8. The number of hydrogen-bond acceptors (Lipinski definition) is 8. The molecule has 0 bridgehead atoms. The highest BCUT2D eigenvalue weighted by molar-refractivity contribution is 5.94. The molecule has 8 heteroatoms. The van der Waals surface area contributed by atoms with Crippen LogP contribution in [-0.2, 0) is 18.9 Å². The minimum absolute atomic E-state index is 0.136. The molecule has 0 aromatic heterocycles. The van der Waals surface area contributed by atoms with E-state index in [1.807, 2.05) is 13.8 Å². The smallest absolute Gasteiger partial charge is 0.338 e. The average molecular weight is 428 g/mol. The first kappa shape index (κ1) is 23.6. The minimum Gasteiger partial charge on any atom is -0.465 e. The van der Waals surface area contributed by atoms with Gasteiger partial charge in [-0.2, -0.15) is 0 Å². The van der Waals surface area contributed by atoms with Crippen LogP contribution in [0.5, 0.6) is 0 Å². The van der Waals surface area contributed by atoms with Gasteiger partial charge in [-0.05, 0) is 54.4 Å². The standard InChI is InChI=1S/C23H24O8/c1-15(2)14-31-23(27)19-10-8-18(9-11-19)22(26)30-13-12-29-21(25)17-6-4-16(5-7-17)20(24)28-3/h4-11,15H,12-14H2,1-3H3. The highest BCUT2D eigenvalue weighted by Crippen LogP contribution is 2.09. The number of methoxy groups -OCH3 is 1. The predicted molar refractivity (Wildman–Crippen MR) is 110 cm³/mol. The van der Waals surface area contributed by atoms with Crippen molar-refractivity contribution >= 4 is 23.9 Å². The third-order valence-electron chi connectivity index (χ3n) is 4.00. The zero-order valence-corrected chi connectivity index (χ0v) is 17.6. The zero-order chi connectivity index (χ0) is 22.8. The second-order valence-corrected chi connectivity index (χ2v) is 6.91. The molecule has 2 rings (SSSR count). The van der Waals surface area contributed by atoms with E-state index in [0.29, 0.717) is 17.7 Å². The van der Waals surface area contributed by atoms with Crippen molar-refractivity contribution in [2.45, 2.75) is 13.8 Å². The van der Waals surface area contributed by atoms with Gasteiger partial charge in [-0.1, -0.05) is 13.8 Å². The van der Waals surface area contributed by atoms with E-state index in [2.05, 4.69) is 4.74 Å². The molecular weight excluding hydrogens is 404 g/mol. The number of carbonyl (C=O) groups excluding carboxylic acids is 4. The summed E-state index contributed by atoms with van der Waals surface area (Å²) >= 11 is 0. The SMILES string of the molecule is COC(=O)c1ccc(C(=O)OCCOC(=O)c2ccc(C(=O)OCC(C)C)cc2)cc1. The molecule has 0 spiro atoms. The minimum atomic E-state index is -0.614. The van der Waals surface area contributed by atoms with Crippen LogP contribution in [0.3, 0.4) is 0 Å². The molecule has 0 radical (unpaired) electrons. The summed E-state index contributed by atoms with van der Waals surface area (Å²) in [5.41, 5.74) is 1.15. The molecule has 2 aromatic carbocycles. The Labute approximate surface area is 180 Å². The van der Waals surface area contributed by atoms with Crippen LogP contribution in [0, 0.1) is 5.92 Å². The Morgan fingerprint density at radius 1 is 0.613 bits per heavy atom. The fraction of sp³-hybridized carbons (Fsp3) is 0.304. The number of ether oxygens (including phenoxy) is 4. The summed E-state index contributed by atoms with van der Waals surface area (Å²) in [4.78, 5) is 47.3. The van der Waals surface area contributed by atoms with Crippen molar-refractivity contribution in [2.75, 3.05) is 26.9 Å². The lowest BCUT2D eigenvalue weighted by Crippen LogP contribution is -2.15. The van der Waals surface area contributed by atoms with E-state index in [4.69, 9.17) is 14.2 Å². The monoisotopic (exact) mass is 428 g/mol. The van der Waals surface area contributed by atoms with Gasteiger partial charge in [0.15, 0.2) is 0 Å². The summed E-state index contributed by atoms with van der Waals surface area (Å²) in [6.45, 7) is 3.91. The van der Waals surface area contributed by atoms with Crippen molar-refractivity contribution in [1.82, 2.24) is 0 Å². The summed E-state index contributed by atoms with van der Waals surface area (Å²) in [7, 11) is 1.27. The number of rotatable bonds is 9. The molecule has 0 unspecified atom stereocenters. The Kier molecular flexibility index (Phi) is 8.75. The van der Waals surface area contributed by atoms with Gasteiger partial charge in [0.1, 0.15) is 13.2 Å². The van der Waals surface area contributed by atoms with Crippen molar-refractivity contribution in [3.63, 3.8) is 0 Å². The lowest BCUT2D eigenvalue weighted by atomic mass is 10.1. The zero-order valence-electron chi connectivity index (χ0n) is 17.6. The molecule has 0 aliphatic rings. The molecule has 0 N–H and O–H groups in total. The second-order valence-electron chi connectivity index (χ2n) is 6.91. The van der Waals surface area contributed by atoms with Gasteiger partial charge in [0, 0.05) is 0 Å². The van der Waals surface area contributed by atoms with Crippen LogP contribution in [0.25, 0.3) is 0 Å². The number of hydrogen-bond donors (Lipinski definition) is 0. The molecule has 0 saturated heterocycles. The molecule has 164 valence electrons. The van der Waals surface area contributed by atoms with Crippen molar-refractivity contribution in [1.29, 1.82) is 0 Å². The van der Waals surface area contributed by atoms with Gasteiger partial charge >= 0.3 is 23.9 Å². The molecular formula is C23H24O8. The first-order chi connectivity index (χ1) is 14.8. The lowest BCUT2D eigenvalue weighted by molar-refractivity contribution is 0.0265. The molecule has 0 aliphatic heterocycles. The van der Waals surface area contributed by atoms with Crippen molar-refractivity contribution in [2.24, 2.45) is 5.92 Å². The van der Waals surface area contributed by atoms with E-state index < -0.39 is 23.9 Å². The third-order valence-corrected chi connectivity index (χ3v) is 4.00. The Hall–Kier alpha value is -3.68. The van der Waals surface area contributed by atoms with Crippen LogP contribution in [-0.4, -0.2) is 50.8 Å². The Balaban J connectivity index is 1.76. The van der Waals surface area contributed by atoms with E-state index in [9.17, 15) is 19.2 Å². The molecule has 2 aromatic rings. The molecule has 0 amide bonds. The van der Waals surface area contributed by atoms with Crippen LogP contribution in [0.1, 0.15) is 55.3 Å². The second kappa shape index (κ2) is 11.5. The number of carbonyl (C=O) groups is 4. The largest absolute Gasteiger partial charge is 0.465 e. The molecule has 0 aliphatic carbocycles. The predicted octanol–water partition coefficient (Wildman–Crippen LogP) is 3.30. The van der Waals surface area contributed by atoms with Gasteiger partial charge in [-0.3, -0.25) is 0 Å². The Morgan fingerprint density at radius 2 is 0.935 bits per heavy atom. The molecule has 8 nitrogen and oxygen atoms in total. The molecule has 0 saturated carbocycles. The summed E-state index contributed by atoms with van der Waals surface area (Å²) in [6, 6.07) is 11.7. The highest BCUT2D eigenvalue weighted by Gasteiger charge is 2.13. The van der Waals surface area contributed by atoms with Gasteiger partial charge in [0.25, 0.3) is 0 Å². The fourth-order valence-electron chi connectivity index (χ4n) is 2.36. The summed E-state index contributed by atoms with van der Waals surface area (Å²) in [6.07, 6.45) is 0. The molecule has 0 atom stereocenters. The van der Waals surface area contributed by atoms with Crippen LogP contribution < -0.4 is 0 Å². The number of esters is 4. The van der Waals surface area contributed by atoms with Crippen LogP contribution in [0.2, 0.25) is 0 Å².